The Balaban J connectivity index is 1.99. The maximum atomic E-state index is 13.2. The Morgan fingerprint density at radius 3 is 2.60 bits per heavy atom. The van der Waals surface area contributed by atoms with E-state index in [1.54, 1.807) is 36.4 Å². The number of aryl methyl sites for hydroxylation is 1. The molecule has 30 heavy (non-hydrogen) atoms. The van der Waals surface area contributed by atoms with Gasteiger partial charge in [-0.15, -0.1) is 0 Å². The summed E-state index contributed by atoms with van der Waals surface area (Å²) in [6, 6.07) is 10.3. The van der Waals surface area contributed by atoms with E-state index in [0.717, 1.165) is 11.1 Å². The monoisotopic (exact) mass is 428 g/mol. The second kappa shape index (κ2) is 6.96. The number of rotatable bonds is 4. The Labute approximate surface area is 173 Å². The summed E-state index contributed by atoms with van der Waals surface area (Å²) in [4.78, 5) is 24.7. The van der Waals surface area contributed by atoms with Crippen LogP contribution in [0.15, 0.2) is 36.4 Å². The topological polar surface area (TPSA) is 127 Å². The molecule has 0 aromatic heterocycles. The zero-order chi connectivity index (χ0) is 21.8. The van der Waals surface area contributed by atoms with Gasteiger partial charge in [0.2, 0.25) is 0 Å². The van der Waals surface area contributed by atoms with Crippen LogP contribution in [0.2, 0.25) is 0 Å². The summed E-state index contributed by atoms with van der Waals surface area (Å²) in [5.41, 5.74) is 3.86. The molecule has 156 valence electrons. The molecule has 1 amide bonds. The minimum absolute atomic E-state index is 0.120. The molecular formula is C21H20N2O6S. The lowest BCUT2D eigenvalue weighted by Gasteiger charge is -2.13. The van der Waals surface area contributed by atoms with Gasteiger partial charge in [-0.05, 0) is 60.2 Å². The average Bonchev–Trinajstić information content (AvgIpc) is 3.14. The van der Waals surface area contributed by atoms with Crippen LogP contribution >= 0.6 is 0 Å². The largest absolute Gasteiger partial charge is 0.497 e. The van der Waals surface area contributed by atoms with Crippen molar-refractivity contribution >= 4 is 38.9 Å². The lowest BCUT2D eigenvalue weighted by atomic mass is 9.95. The SMILES string of the molecule is COc1ccc2c(c1)C(CC(=O)O)C/C2=C1/C(=O)N(S(N)(=O)=O)c2ccc(C)cc21. The van der Waals surface area contributed by atoms with Crippen LogP contribution in [0.4, 0.5) is 5.69 Å². The number of fused-ring (bicyclic) bond motifs is 2. The van der Waals surface area contributed by atoms with E-state index in [1.807, 2.05) is 6.92 Å². The number of hydrogen-bond acceptors (Lipinski definition) is 5. The van der Waals surface area contributed by atoms with Crippen molar-refractivity contribution in [1.82, 2.24) is 0 Å². The van der Waals surface area contributed by atoms with Gasteiger partial charge in [-0.25, -0.2) is 5.14 Å². The van der Waals surface area contributed by atoms with E-state index in [9.17, 15) is 23.1 Å². The van der Waals surface area contributed by atoms with Gasteiger partial charge in [0.15, 0.2) is 0 Å². The zero-order valence-corrected chi connectivity index (χ0v) is 17.2. The van der Waals surface area contributed by atoms with Crippen molar-refractivity contribution < 1.29 is 27.9 Å². The molecule has 1 atom stereocenters. The highest BCUT2D eigenvalue weighted by Crippen LogP contribution is 2.51. The lowest BCUT2D eigenvalue weighted by molar-refractivity contribution is -0.137. The third-order valence-electron chi connectivity index (χ3n) is 5.49. The summed E-state index contributed by atoms with van der Waals surface area (Å²) in [5.74, 6) is -1.47. The fourth-order valence-electron chi connectivity index (χ4n) is 4.27. The summed E-state index contributed by atoms with van der Waals surface area (Å²) in [5, 5.41) is 14.7. The molecule has 4 rings (SSSR count). The highest BCUT2D eigenvalue weighted by atomic mass is 32.2. The Morgan fingerprint density at radius 2 is 1.97 bits per heavy atom. The standard InChI is InChI=1S/C21H20N2O6S/c1-11-3-6-18-17(7-11)20(21(26)23(18)30(22,27)28)16-8-12(9-19(24)25)15-10-13(29-2)4-5-14(15)16/h3-7,10,12H,8-9H2,1-2H3,(H,24,25)(H2,22,27,28)/b20-16-. The molecule has 0 bridgehead atoms. The lowest BCUT2D eigenvalue weighted by Crippen LogP contribution is -2.38. The third-order valence-corrected chi connectivity index (χ3v) is 6.36. The average molecular weight is 428 g/mol. The van der Waals surface area contributed by atoms with Crippen LogP contribution in [0.5, 0.6) is 5.75 Å². The summed E-state index contributed by atoms with van der Waals surface area (Å²) in [6.45, 7) is 1.84. The van der Waals surface area contributed by atoms with Gasteiger partial charge >= 0.3 is 16.2 Å². The van der Waals surface area contributed by atoms with Crippen molar-refractivity contribution in [3.8, 4) is 5.75 Å². The van der Waals surface area contributed by atoms with E-state index in [0.29, 0.717) is 33.2 Å². The van der Waals surface area contributed by atoms with Crippen molar-refractivity contribution in [1.29, 1.82) is 0 Å². The number of anilines is 1. The van der Waals surface area contributed by atoms with Gasteiger partial charge in [0.05, 0.1) is 24.8 Å². The van der Waals surface area contributed by atoms with Crippen LogP contribution in [0, 0.1) is 6.92 Å². The van der Waals surface area contributed by atoms with Crippen molar-refractivity contribution in [2.75, 3.05) is 11.4 Å². The fourth-order valence-corrected chi connectivity index (χ4v) is 5.03. The number of amides is 1. The number of allylic oxidation sites excluding steroid dienone is 1. The summed E-state index contributed by atoms with van der Waals surface area (Å²) in [6.07, 6.45) is 0.173. The number of carboxylic acids is 1. The number of ether oxygens (including phenoxy) is 1. The highest BCUT2D eigenvalue weighted by Gasteiger charge is 2.42. The van der Waals surface area contributed by atoms with Crippen molar-refractivity contribution in [3.05, 3.63) is 58.7 Å². The van der Waals surface area contributed by atoms with Gasteiger partial charge in [-0.2, -0.15) is 12.7 Å². The maximum Gasteiger partial charge on any atom is 0.305 e. The number of carbonyl (C=O) groups is 2. The molecule has 1 aliphatic heterocycles. The Morgan fingerprint density at radius 1 is 1.23 bits per heavy atom. The van der Waals surface area contributed by atoms with Crippen molar-refractivity contribution in [3.63, 3.8) is 0 Å². The number of benzene rings is 2. The Kier molecular flexibility index (Phi) is 4.67. The van der Waals surface area contributed by atoms with E-state index >= 15 is 0 Å². The molecule has 2 aliphatic rings. The van der Waals surface area contributed by atoms with E-state index in [-0.39, 0.29) is 23.6 Å². The van der Waals surface area contributed by atoms with Gasteiger partial charge in [0, 0.05) is 5.56 Å². The van der Waals surface area contributed by atoms with E-state index < -0.39 is 22.1 Å². The van der Waals surface area contributed by atoms with Gasteiger partial charge in [-0.3, -0.25) is 9.59 Å². The molecule has 2 aromatic carbocycles. The minimum Gasteiger partial charge on any atom is -0.497 e. The van der Waals surface area contributed by atoms with Gasteiger partial charge in [-0.1, -0.05) is 17.7 Å². The predicted molar refractivity (Wildman–Crippen MR) is 111 cm³/mol. The maximum absolute atomic E-state index is 13.2. The van der Waals surface area contributed by atoms with E-state index in [2.05, 4.69) is 0 Å². The summed E-state index contributed by atoms with van der Waals surface area (Å²) >= 11 is 0. The molecule has 2 aromatic rings. The number of hydrogen-bond donors (Lipinski definition) is 2. The number of carboxylic acid groups (broad SMARTS) is 1. The van der Waals surface area contributed by atoms with Crippen molar-refractivity contribution in [2.45, 2.75) is 25.7 Å². The molecule has 0 spiro atoms. The molecule has 1 unspecified atom stereocenters. The van der Waals surface area contributed by atoms with Crippen LogP contribution in [0.25, 0.3) is 11.1 Å². The van der Waals surface area contributed by atoms with Crippen LogP contribution in [0.3, 0.4) is 0 Å². The zero-order valence-electron chi connectivity index (χ0n) is 16.4. The number of carbonyl (C=O) groups excluding carboxylic acids is 1. The molecule has 3 N–H and O–H groups in total. The minimum atomic E-state index is -4.33. The quantitative estimate of drug-likeness (QED) is 0.720. The summed E-state index contributed by atoms with van der Waals surface area (Å²) < 4.78 is 30.2. The molecule has 1 aliphatic carbocycles. The first-order valence-corrected chi connectivity index (χ1v) is 10.7. The molecular weight excluding hydrogens is 408 g/mol. The van der Waals surface area contributed by atoms with E-state index in [4.69, 9.17) is 9.88 Å². The molecule has 1 heterocycles. The Bertz CT molecular complexity index is 1230. The van der Waals surface area contributed by atoms with E-state index in [1.165, 1.54) is 7.11 Å². The molecule has 9 heteroatoms. The van der Waals surface area contributed by atoms with Gasteiger partial charge in [0.25, 0.3) is 5.91 Å². The second-order valence-corrected chi connectivity index (χ2v) is 8.84. The molecule has 0 radical (unpaired) electrons. The number of aliphatic carboxylic acids is 1. The van der Waals surface area contributed by atoms with Crippen LogP contribution < -0.4 is 14.2 Å². The normalized spacial score (nSPS) is 20.3. The molecule has 0 saturated carbocycles. The first-order valence-electron chi connectivity index (χ1n) is 9.23. The van der Waals surface area contributed by atoms with Crippen LogP contribution in [-0.4, -0.2) is 32.5 Å². The number of nitrogens with zero attached hydrogens (tertiary/aromatic N) is 1. The molecule has 0 saturated heterocycles. The highest BCUT2D eigenvalue weighted by molar-refractivity contribution is 7.91. The Hall–Kier alpha value is -3.17. The number of nitrogens with two attached hydrogens (primary N) is 1. The fraction of sp³-hybridized carbons (Fsp3) is 0.238. The predicted octanol–water partition coefficient (Wildman–Crippen LogP) is 2.43. The molecule has 0 fully saturated rings. The van der Waals surface area contributed by atoms with Crippen LogP contribution in [0.1, 0.15) is 41.0 Å². The second-order valence-electron chi connectivity index (χ2n) is 7.44. The first-order chi connectivity index (χ1) is 14.1. The number of methoxy groups -OCH3 is 1. The molecule has 8 nitrogen and oxygen atoms in total. The first kappa shape index (κ1) is 20.1. The smallest absolute Gasteiger partial charge is 0.305 e. The van der Waals surface area contributed by atoms with Gasteiger partial charge < -0.3 is 9.84 Å². The van der Waals surface area contributed by atoms with Crippen LogP contribution in [-0.2, 0) is 19.8 Å². The van der Waals surface area contributed by atoms with Crippen molar-refractivity contribution in [2.24, 2.45) is 5.14 Å². The van der Waals surface area contributed by atoms with Gasteiger partial charge in [0.1, 0.15) is 5.75 Å². The summed E-state index contributed by atoms with van der Waals surface area (Å²) in [7, 11) is -2.81. The third kappa shape index (κ3) is 3.16.